The number of thioether (sulfide) groups is 1. The van der Waals surface area contributed by atoms with Gasteiger partial charge >= 0.3 is 5.97 Å². The largest absolute Gasteiger partial charge is 0.478 e. The Kier molecular flexibility index (Phi) is 5.84. The van der Waals surface area contributed by atoms with E-state index in [1.54, 1.807) is 6.08 Å². The lowest BCUT2D eigenvalue weighted by atomic mass is 10.1. The summed E-state index contributed by atoms with van der Waals surface area (Å²) in [6.45, 7) is 4.38. The maximum atomic E-state index is 10.5. The molecule has 92 valence electrons. The molecule has 0 aliphatic heterocycles. The predicted octanol–water partition coefficient (Wildman–Crippen LogP) is 3.82. The topological polar surface area (TPSA) is 37.3 Å². The molecule has 0 spiro atoms. The van der Waals surface area contributed by atoms with E-state index in [0.717, 1.165) is 17.7 Å². The van der Waals surface area contributed by atoms with Gasteiger partial charge in [-0.15, -0.1) is 0 Å². The smallest absolute Gasteiger partial charge is 0.328 e. The highest BCUT2D eigenvalue weighted by atomic mass is 32.2. The molecule has 1 aromatic rings. The molecular weight excluding hydrogens is 232 g/mol. The van der Waals surface area contributed by atoms with Crippen LogP contribution < -0.4 is 0 Å². The highest BCUT2D eigenvalue weighted by Gasteiger charge is 2.03. The Morgan fingerprint density at radius 1 is 1.47 bits per heavy atom. The van der Waals surface area contributed by atoms with E-state index in [1.807, 2.05) is 30.0 Å². The summed E-state index contributed by atoms with van der Waals surface area (Å²) in [5, 5.41) is 9.26. The highest BCUT2D eigenvalue weighted by Crippen LogP contribution is 2.22. The maximum absolute atomic E-state index is 10.5. The van der Waals surface area contributed by atoms with Crippen LogP contribution in [0.5, 0.6) is 0 Å². The molecule has 0 heterocycles. The number of rotatable bonds is 6. The first-order chi connectivity index (χ1) is 8.13. The van der Waals surface area contributed by atoms with E-state index in [4.69, 9.17) is 5.11 Å². The molecule has 0 saturated carbocycles. The van der Waals surface area contributed by atoms with Crippen LogP contribution in [0.3, 0.4) is 0 Å². The zero-order valence-electron chi connectivity index (χ0n) is 10.2. The first-order valence-corrected chi connectivity index (χ1v) is 6.79. The van der Waals surface area contributed by atoms with Gasteiger partial charge in [-0.25, -0.2) is 4.79 Å². The van der Waals surface area contributed by atoms with Crippen LogP contribution in [0.2, 0.25) is 0 Å². The normalized spacial score (nSPS) is 12.8. The molecular formula is C14H18O2S. The molecule has 1 atom stereocenters. The van der Waals surface area contributed by atoms with Gasteiger partial charge in [0.25, 0.3) is 0 Å². The van der Waals surface area contributed by atoms with Gasteiger partial charge in [-0.3, -0.25) is 0 Å². The van der Waals surface area contributed by atoms with Gasteiger partial charge in [0.1, 0.15) is 0 Å². The molecule has 17 heavy (non-hydrogen) atoms. The molecule has 3 heteroatoms. The minimum atomic E-state index is -0.908. The Hall–Kier alpha value is -1.22. The molecule has 0 fully saturated rings. The van der Waals surface area contributed by atoms with Gasteiger partial charge in [0.2, 0.25) is 0 Å². The van der Waals surface area contributed by atoms with Crippen molar-refractivity contribution in [2.24, 2.45) is 0 Å². The summed E-state index contributed by atoms with van der Waals surface area (Å²) in [4.78, 5) is 10.5. The van der Waals surface area contributed by atoms with Crippen molar-refractivity contribution in [3.05, 3.63) is 41.5 Å². The number of aliphatic carboxylic acids is 1. The van der Waals surface area contributed by atoms with Crippen molar-refractivity contribution in [2.45, 2.75) is 31.3 Å². The van der Waals surface area contributed by atoms with Gasteiger partial charge in [-0.05, 0) is 23.6 Å². The number of carbonyl (C=O) groups is 1. The second kappa shape index (κ2) is 7.17. The summed E-state index contributed by atoms with van der Waals surface area (Å²) in [7, 11) is 0. The van der Waals surface area contributed by atoms with Crippen LogP contribution in [0.25, 0.3) is 6.08 Å². The zero-order valence-corrected chi connectivity index (χ0v) is 11.0. The first-order valence-electron chi connectivity index (χ1n) is 5.74. The van der Waals surface area contributed by atoms with Gasteiger partial charge in [0.15, 0.2) is 0 Å². The summed E-state index contributed by atoms with van der Waals surface area (Å²) in [6, 6.07) is 7.92. The minimum Gasteiger partial charge on any atom is -0.478 e. The predicted molar refractivity (Wildman–Crippen MR) is 74.2 cm³/mol. The van der Waals surface area contributed by atoms with E-state index in [-0.39, 0.29) is 0 Å². The molecule has 1 rings (SSSR count). The third kappa shape index (κ3) is 5.09. The molecule has 0 aromatic heterocycles. The number of hydrogen-bond acceptors (Lipinski definition) is 2. The van der Waals surface area contributed by atoms with Crippen LogP contribution in [0.4, 0.5) is 0 Å². The van der Waals surface area contributed by atoms with Gasteiger partial charge in [0.05, 0.1) is 0 Å². The molecule has 0 saturated heterocycles. The molecule has 1 aromatic carbocycles. The van der Waals surface area contributed by atoms with E-state index in [1.165, 1.54) is 11.6 Å². The van der Waals surface area contributed by atoms with Crippen LogP contribution >= 0.6 is 11.8 Å². The molecule has 0 radical (unpaired) electrons. The van der Waals surface area contributed by atoms with Crippen LogP contribution in [0.1, 0.15) is 31.4 Å². The molecule has 0 bridgehead atoms. The van der Waals surface area contributed by atoms with Crippen molar-refractivity contribution in [2.75, 3.05) is 0 Å². The molecule has 0 aliphatic rings. The Balaban J connectivity index is 2.74. The molecule has 1 unspecified atom stereocenters. The first kappa shape index (κ1) is 13.8. The van der Waals surface area contributed by atoms with Crippen molar-refractivity contribution in [1.29, 1.82) is 0 Å². The van der Waals surface area contributed by atoms with E-state index in [2.05, 4.69) is 19.9 Å². The summed E-state index contributed by atoms with van der Waals surface area (Å²) in [6.07, 6.45) is 4.00. The fraction of sp³-hybridized carbons (Fsp3) is 0.357. The van der Waals surface area contributed by atoms with Crippen molar-refractivity contribution in [3.8, 4) is 0 Å². The quantitative estimate of drug-likeness (QED) is 0.780. The zero-order chi connectivity index (χ0) is 12.7. The number of hydrogen-bond donors (Lipinski definition) is 1. The lowest BCUT2D eigenvalue weighted by Gasteiger charge is -2.10. The summed E-state index contributed by atoms with van der Waals surface area (Å²) in [5.41, 5.74) is 2.18. The third-order valence-corrected chi connectivity index (χ3v) is 3.94. The van der Waals surface area contributed by atoms with E-state index in [0.29, 0.717) is 5.25 Å². The number of carboxylic acid groups (broad SMARTS) is 1. The van der Waals surface area contributed by atoms with Gasteiger partial charge < -0.3 is 5.11 Å². The summed E-state index contributed by atoms with van der Waals surface area (Å²) >= 11 is 1.90. The Bertz CT molecular complexity index is 399. The molecule has 1 N–H and O–H groups in total. The van der Waals surface area contributed by atoms with Crippen molar-refractivity contribution in [1.82, 2.24) is 0 Å². The summed E-state index contributed by atoms with van der Waals surface area (Å²) in [5.74, 6) is 0.0178. The molecule has 0 aliphatic carbocycles. The Labute approximate surface area is 107 Å². The number of benzene rings is 1. The second-order valence-electron chi connectivity index (χ2n) is 3.90. The van der Waals surface area contributed by atoms with E-state index >= 15 is 0 Å². The van der Waals surface area contributed by atoms with Crippen molar-refractivity contribution >= 4 is 23.8 Å². The van der Waals surface area contributed by atoms with Crippen LogP contribution in [0.15, 0.2) is 30.3 Å². The number of carboxylic acids is 1. The average Bonchev–Trinajstić information content (AvgIpc) is 2.34. The molecule has 2 nitrogen and oxygen atoms in total. The maximum Gasteiger partial charge on any atom is 0.328 e. The molecule has 0 amide bonds. The van der Waals surface area contributed by atoms with Crippen LogP contribution in [-0.4, -0.2) is 16.3 Å². The van der Waals surface area contributed by atoms with E-state index in [9.17, 15) is 4.79 Å². The lowest BCUT2D eigenvalue weighted by Crippen LogP contribution is -1.95. The van der Waals surface area contributed by atoms with Crippen LogP contribution in [-0.2, 0) is 10.5 Å². The Morgan fingerprint density at radius 3 is 2.82 bits per heavy atom. The fourth-order valence-corrected chi connectivity index (χ4v) is 2.30. The Morgan fingerprint density at radius 2 is 2.18 bits per heavy atom. The highest BCUT2D eigenvalue weighted by molar-refractivity contribution is 7.99. The standard InChI is InChI=1S/C14H18O2S/c1-3-11(2)17-10-13-7-5-4-6-12(13)8-9-14(15)16/h4-9,11H,3,10H2,1-2H3,(H,15,16)/b9-8+. The SMILES string of the molecule is CCC(C)SCc1ccccc1/C=C/C(=O)O. The average molecular weight is 250 g/mol. The lowest BCUT2D eigenvalue weighted by molar-refractivity contribution is -0.131. The van der Waals surface area contributed by atoms with Gasteiger partial charge in [0, 0.05) is 17.1 Å². The monoisotopic (exact) mass is 250 g/mol. The van der Waals surface area contributed by atoms with Crippen LogP contribution in [0, 0.1) is 0 Å². The summed E-state index contributed by atoms with van der Waals surface area (Å²) < 4.78 is 0. The third-order valence-electron chi connectivity index (χ3n) is 2.56. The minimum absolute atomic E-state index is 0.631. The fourth-order valence-electron chi connectivity index (χ4n) is 1.34. The van der Waals surface area contributed by atoms with Crippen molar-refractivity contribution in [3.63, 3.8) is 0 Å². The van der Waals surface area contributed by atoms with Crippen molar-refractivity contribution < 1.29 is 9.90 Å². The van der Waals surface area contributed by atoms with Gasteiger partial charge in [-0.2, -0.15) is 11.8 Å². The van der Waals surface area contributed by atoms with Gasteiger partial charge in [-0.1, -0.05) is 38.1 Å². The second-order valence-corrected chi connectivity index (χ2v) is 5.33. The van der Waals surface area contributed by atoms with E-state index < -0.39 is 5.97 Å².